The number of halogens is 1. The number of piperidine rings is 1. The van der Waals surface area contributed by atoms with Crippen molar-refractivity contribution in [2.75, 3.05) is 19.7 Å². The highest BCUT2D eigenvalue weighted by molar-refractivity contribution is 9.10. The molecule has 2 saturated heterocycles. The van der Waals surface area contributed by atoms with E-state index in [0.29, 0.717) is 18.0 Å². The van der Waals surface area contributed by atoms with Crippen LogP contribution in [0, 0.1) is 0 Å². The Bertz CT molecular complexity index is 519. The molecule has 102 valence electrons. The lowest BCUT2D eigenvalue weighted by atomic mass is 10.0. The third-order valence-corrected chi connectivity index (χ3v) is 5.25. The van der Waals surface area contributed by atoms with Crippen molar-refractivity contribution in [1.29, 1.82) is 0 Å². The summed E-state index contributed by atoms with van der Waals surface area (Å²) < 4.78 is 6.31. The van der Waals surface area contributed by atoms with Crippen molar-refractivity contribution in [2.24, 2.45) is 0 Å². The Hall–Kier alpha value is -0.920. The van der Waals surface area contributed by atoms with Crippen LogP contribution in [0.1, 0.15) is 16.1 Å². The molecule has 1 aromatic rings. The lowest BCUT2D eigenvalue weighted by Gasteiger charge is -2.40. The Morgan fingerprint density at radius 2 is 2.42 bits per heavy atom. The summed E-state index contributed by atoms with van der Waals surface area (Å²) in [7, 11) is 0. The molecule has 2 atom stereocenters. The molecule has 2 aliphatic heterocycles. The number of nitrogens with one attached hydrogen (secondary N) is 1. The van der Waals surface area contributed by atoms with Gasteiger partial charge in [0.05, 0.1) is 12.1 Å². The molecular formula is C12H13BrN2O3S. The largest absolute Gasteiger partial charge is 0.366 e. The zero-order chi connectivity index (χ0) is 13.4. The molecular weight excluding hydrogens is 332 g/mol. The van der Waals surface area contributed by atoms with Crippen LogP contribution in [0.15, 0.2) is 15.9 Å². The maximum Gasteiger partial charge on any atom is 0.265 e. The highest BCUT2D eigenvalue weighted by atomic mass is 79.9. The van der Waals surface area contributed by atoms with Crippen molar-refractivity contribution in [3.05, 3.63) is 20.8 Å². The van der Waals surface area contributed by atoms with Crippen LogP contribution in [-0.4, -0.2) is 48.6 Å². The van der Waals surface area contributed by atoms with E-state index < -0.39 is 0 Å². The molecule has 1 aromatic heterocycles. The first-order chi connectivity index (χ1) is 9.15. The fraction of sp³-hybridized carbons (Fsp3) is 0.500. The number of hydrogen-bond donors (Lipinski definition) is 1. The number of likely N-dealkylation sites (tertiary alicyclic amines) is 1. The molecule has 2 fully saturated rings. The highest BCUT2D eigenvalue weighted by Crippen LogP contribution is 2.26. The van der Waals surface area contributed by atoms with Gasteiger partial charge in [-0.25, -0.2) is 0 Å². The van der Waals surface area contributed by atoms with E-state index in [1.807, 2.05) is 11.4 Å². The first kappa shape index (κ1) is 13.1. The standard InChI is InChI=1S/C12H13BrN2O3S/c13-7-2-4-19-11(7)12(17)15-3-1-9-8(5-15)14-10(16)6-18-9/h2,4,8-9H,1,3,5-6H2,(H,14,16)/t8-,9-/m0/s1. The number of morpholine rings is 1. The molecule has 5 nitrogen and oxygen atoms in total. The summed E-state index contributed by atoms with van der Waals surface area (Å²) in [6.07, 6.45) is 0.799. The fourth-order valence-electron chi connectivity index (χ4n) is 2.47. The summed E-state index contributed by atoms with van der Waals surface area (Å²) in [4.78, 5) is 26.2. The number of thiophene rings is 1. The lowest BCUT2D eigenvalue weighted by Crippen LogP contribution is -2.61. The topological polar surface area (TPSA) is 58.6 Å². The van der Waals surface area contributed by atoms with Crippen molar-refractivity contribution < 1.29 is 14.3 Å². The average Bonchev–Trinajstić information content (AvgIpc) is 2.83. The molecule has 0 unspecified atom stereocenters. The van der Waals surface area contributed by atoms with Crippen molar-refractivity contribution in [3.8, 4) is 0 Å². The molecule has 7 heteroatoms. The normalized spacial score (nSPS) is 26.8. The van der Waals surface area contributed by atoms with Crippen LogP contribution in [0.2, 0.25) is 0 Å². The van der Waals surface area contributed by atoms with Gasteiger partial charge in [-0.2, -0.15) is 0 Å². The van der Waals surface area contributed by atoms with E-state index >= 15 is 0 Å². The van der Waals surface area contributed by atoms with Crippen molar-refractivity contribution in [2.45, 2.75) is 18.6 Å². The molecule has 3 heterocycles. The van der Waals surface area contributed by atoms with Crippen LogP contribution < -0.4 is 5.32 Å². The second kappa shape index (κ2) is 5.22. The summed E-state index contributed by atoms with van der Waals surface area (Å²) in [6.45, 7) is 1.31. The van der Waals surface area contributed by atoms with E-state index in [1.165, 1.54) is 11.3 Å². The predicted octanol–water partition coefficient (Wildman–Crippen LogP) is 1.24. The van der Waals surface area contributed by atoms with Gasteiger partial charge < -0.3 is 15.0 Å². The number of rotatable bonds is 1. The van der Waals surface area contributed by atoms with Crippen molar-refractivity contribution in [1.82, 2.24) is 10.2 Å². The summed E-state index contributed by atoms with van der Waals surface area (Å²) in [5, 5.41) is 4.78. The first-order valence-corrected chi connectivity index (χ1v) is 7.75. The maximum absolute atomic E-state index is 12.4. The van der Waals surface area contributed by atoms with E-state index in [9.17, 15) is 9.59 Å². The fourth-order valence-corrected chi connectivity index (χ4v) is 3.98. The second-order valence-corrected chi connectivity index (χ2v) is 6.43. The van der Waals surface area contributed by atoms with Gasteiger partial charge in [0.25, 0.3) is 5.91 Å². The Balaban J connectivity index is 1.72. The molecule has 3 rings (SSSR count). The molecule has 2 aliphatic rings. The van der Waals surface area contributed by atoms with Gasteiger partial charge >= 0.3 is 0 Å². The Kier molecular flexibility index (Phi) is 3.60. The quantitative estimate of drug-likeness (QED) is 0.833. The molecule has 19 heavy (non-hydrogen) atoms. The lowest BCUT2D eigenvalue weighted by molar-refractivity contribution is -0.139. The second-order valence-electron chi connectivity index (χ2n) is 4.66. The highest BCUT2D eigenvalue weighted by Gasteiger charge is 2.36. The summed E-state index contributed by atoms with van der Waals surface area (Å²) in [6, 6.07) is 1.79. The van der Waals surface area contributed by atoms with Gasteiger partial charge in [-0.3, -0.25) is 9.59 Å². The van der Waals surface area contributed by atoms with Gasteiger partial charge in [-0.15, -0.1) is 11.3 Å². The van der Waals surface area contributed by atoms with Gasteiger partial charge in [-0.1, -0.05) is 0 Å². The Labute approximate surface area is 123 Å². The van der Waals surface area contributed by atoms with E-state index in [-0.39, 0.29) is 30.6 Å². The maximum atomic E-state index is 12.4. The third-order valence-electron chi connectivity index (χ3n) is 3.42. The van der Waals surface area contributed by atoms with Crippen LogP contribution in [0.4, 0.5) is 0 Å². The summed E-state index contributed by atoms with van der Waals surface area (Å²) in [5.74, 6) is -0.0898. The molecule has 0 spiro atoms. The first-order valence-electron chi connectivity index (χ1n) is 6.08. The monoisotopic (exact) mass is 344 g/mol. The van der Waals surface area contributed by atoms with Gasteiger partial charge in [0.2, 0.25) is 5.91 Å². The minimum Gasteiger partial charge on any atom is -0.366 e. The third kappa shape index (κ3) is 2.54. The SMILES string of the molecule is O=C1CO[C@H]2CCN(C(=O)c3sccc3Br)C[C@@H]2N1. The number of carbonyl (C=O) groups excluding carboxylic acids is 2. The van der Waals surface area contributed by atoms with Crippen molar-refractivity contribution in [3.63, 3.8) is 0 Å². The van der Waals surface area contributed by atoms with Gasteiger partial charge in [0, 0.05) is 17.6 Å². The van der Waals surface area contributed by atoms with Crippen LogP contribution >= 0.6 is 27.3 Å². The average molecular weight is 345 g/mol. The predicted molar refractivity (Wildman–Crippen MR) is 74.2 cm³/mol. The number of hydrogen-bond acceptors (Lipinski definition) is 4. The Morgan fingerprint density at radius 3 is 3.16 bits per heavy atom. The zero-order valence-electron chi connectivity index (χ0n) is 10.1. The number of nitrogens with zero attached hydrogens (tertiary/aromatic N) is 1. The molecule has 1 N–H and O–H groups in total. The molecule has 2 amide bonds. The number of ether oxygens (including phenoxy) is 1. The van der Waals surface area contributed by atoms with E-state index in [0.717, 1.165) is 10.9 Å². The van der Waals surface area contributed by atoms with Gasteiger partial charge in [0.1, 0.15) is 11.5 Å². The van der Waals surface area contributed by atoms with Crippen LogP contribution in [0.3, 0.4) is 0 Å². The summed E-state index contributed by atoms with van der Waals surface area (Å²) in [5.41, 5.74) is 0. The molecule has 0 radical (unpaired) electrons. The van der Waals surface area contributed by atoms with E-state index in [2.05, 4.69) is 21.2 Å². The summed E-state index contributed by atoms with van der Waals surface area (Å²) >= 11 is 4.80. The molecule has 0 aliphatic carbocycles. The minimum absolute atomic E-state index is 0.0140. The smallest absolute Gasteiger partial charge is 0.265 e. The van der Waals surface area contributed by atoms with Crippen LogP contribution in [0.5, 0.6) is 0 Å². The molecule has 0 bridgehead atoms. The number of amides is 2. The minimum atomic E-state index is -0.104. The van der Waals surface area contributed by atoms with Gasteiger partial charge in [0.15, 0.2) is 0 Å². The molecule has 0 saturated carbocycles. The van der Waals surface area contributed by atoms with Crippen LogP contribution in [-0.2, 0) is 9.53 Å². The molecule has 0 aromatic carbocycles. The zero-order valence-corrected chi connectivity index (χ0v) is 12.5. The van der Waals surface area contributed by atoms with Gasteiger partial charge in [-0.05, 0) is 33.8 Å². The number of fused-ring (bicyclic) bond motifs is 1. The van der Waals surface area contributed by atoms with Crippen LogP contribution in [0.25, 0.3) is 0 Å². The number of carbonyl (C=O) groups is 2. The van der Waals surface area contributed by atoms with Crippen molar-refractivity contribution >= 4 is 39.1 Å². The Morgan fingerprint density at radius 1 is 1.58 bits per heavy atom. The van der Waals surface area contributed by atoms with E-state index in [1.54, 1.807) is 4.90 Å². The van der Waals surface area contributed by atoms with E-state index in [4.69, 9.17) is 4.74 Å².